The maximum atomic E-state index is 12.7. The van der Waals surface area contributed by atoms with Crippen LogP contribution in [0.1, 0.15) is 79.2 Å². The Hall–Kier alpha value is -3.48. The Bertz CT molecular complexity index is 1370. The van der Waals surface area contributed by atoms with E-state index in [1.165, 1.54) is 32.6 Å². The molecule has 2 aliphatic carbocycles. The van der Waals surface area contributed by atoms with Crippen LogP contribution in [0, 0.1) is 5.41 Å². The summed E-state index contributed by atoms with van der Waals surface area (Å²) in [7, 11) is 1.82. The van der Waals surface area contributed by atoms with Crippen molar-refractivity contribution < 1.29 is 14.3 Å². The van der Waals surface area contributed by atoms with Crippen molar-refractivity contribution in [3.63, 3.8) is 0 Å². The summed E-state index contributed by atoms with van der Waals surface area (Å²) in [6, 6.07) is 8.21. The van der Waals surface area contributed by atoms with Gasteiger partial charge in [0.05, 0.1) is 17.6 Å². The normalized spacial score (nSPS) is 20.0. The van der Waals surface area contributed by atoms with Gasteiger partial charge in [0.25, 0.3) is 5.91 Å². The van der Waals surface area contributed by atoms with E-state index >= 15 is 0 Å². The standard InChI is InChI=1S/C29H32N4O3/c1-18(34)36-25-9-8-20-12-23(22-14-30-33(16-22)17-29(2)10-4-5-11-29)26(31-27(20)25)19-6-7-21-15-32(3)28(35)24(21)13-19/h6-7,12-14,16,25H,4-5,8-11,15,17H2,1-3H3. The van der Waals surface area contributed by atoms with Crippen molar-refractivity contribution in [2.45, 2.75) is 71.6 Å². The Morgan fingerprint density at radius 1 is 1.14 bits per heavy atom. The highest BCUT2D eigenvalue weighted by atomic mass is 16.5. The SMILES string of the molecule is CC(=O)OC1CCc2cc(-c3cnn(CC4(C)CCCC4)c3)c(-c3ccc4c(c3)C(=O)N(C)C4)nc21. The number of benzene rings is 1. The average molecular weight is 485 g/mol. The Morgan fingerprint density at radius 3 is 2.72 bits per heavy atom. The molecule has 1 saturated carbocycles. The molecule has 3 heterocycles. The molecule has 7 nitrogen and oxygen atoms in total. The quantitative estimate of drug-likeness (QED) is 0.458. The second-order valence-electron chi connectivity index (χ2n) is 11.0. The number of carbonyl (C=O) groups is 2. The highest BCUT2D eigenvalue weighted by molar-refractivity contribution is 5.99. The highest BCUT2D eigenvalue weighted by Gasteiger charge is 2.32. The first-order valence-electron chi connectivity index (χ1n) is 12.9. The summed E-state index contributed by atoms with van der Waals surface area (Å²) in [4.78, 5) is 31.3. The third-order valence-corrected chi connectivity index (χ3v) is 8.09. The van der Waals surface area contributed by atoms with Crippen LogP contribution in [-0.4, -0.2) is 38.6 Å². The Morgan fingerprint density at radius 2 is 1.94 bits per heavy atom. The van der Waals surface area contributed by atoms with E-state index in [2.05, 4.69) is 23.9 Å². The summed E-state index contributed by atoms with van der Waals surface area (Å²) < 4.78 is 7.66. The van der Waals surface area contributed by atoms with E-state index in [4.69, 9.17) is 14.8 Å². The smallest absolute Gasteiger partial charge is 0.303 e. The van der Waals surface area contributed by atoms with Crippen LogP contribution in [0.3, 0.4) is 0 Å². The minimum absolute atomic E-state index is 0.0324. The van der Waals surface area contributed by atoms with Crippen molar-refractivity contribution in [2.75, 3.05) is 7.05 Å². The van der Waals surface area contributed by atoms with Gasteiger partial charge in [0, 0.05) is 55.5 Å². The van der Waals surface area contributed by atoms with Crippen molar-refractivity contribution in [3.8, 4) is 22.4 Å². The maximum Gasteiger partial charge on any atom is 0.303 e. The average Bonchev–Trinajstić information content (AvgIpc) is 3.62. The van der Waals surface area contributed by atoms with E-state index in [1.54, 1.807) is 4.90 Å². The lowest BCUT2D eigenvalue weighted by atomic mass is 9.89. The number of esters is 1. The van der Waals surface area contributed by atoms with Gasteiger partial charge in [-0.1, -0.05) is 31.9 Å². The summed E-state index contributed by atoms with van der Waals surface area (Å²) in [5.74, 6) is -0.266. The molecule has 7 heteroatoms. The van der Waals surface area contributed by atoms with Gasteiger partial charge in [-0.2, -0.15) is 5.10 Å². The van der Waals surface area contributed by atoms with Crippen LogP contribution in [0.25, 0.3) is 22.4 Å². The van der Waals surface area contributed by atoms with Gasteiger partial charge in [0.15, 0.2) is 0 Å². The number of nitrogens with zero attached hydrogens (tertiary/aromatic N) is 4. The predicted octanol–water partition coefficient (Wildman–Crippen LogP) is 5.33. The van der Waals surface area contributed by atoms with Crippen LogP contribution in [0.4, 0.5) is 0 Å². The zero-order valence-corrected chi connectivity index (χ0v) is 21.2. The molecule has 3 aliphatic rings. The minimum Gasteiger partial charge on any atom is -0.456 e. The summed E-state index contributed by atoms with van der Waals surface area (Å²) in [5, 5.41) is 4.72. The van der Waals surface area contributed by atoms with Gasteiger partial charge in [-0.05, 0) is 54.4 Å². The molecular weight excluding hydrogens is 452 g/mol. The number of amides is 1. The number of ether oxygens (including phenoxy) is 1. The summed E-state index contributed by atoms with van der Waals surface area (Å²) in [6.07, 6.45) is 10.3. The number of hydrogen-bond acceptors (Lipinski definition) is 5. The van der Waals surface area contributed by atoms with Gasteiger partial charge >= 0.3 is 5.97 Å². The minimum atomic E-state index is -0.336. The Labute approximate surface area is 211 Å². The number of pyridine rings is 1. The summed E-state index contributed by atoms with van der Waals surface area (Å²) in [6.45, 7) is 5.33. The van der Waals surface area contributed by atoms with Crippen LogP contribution in [0.2, 0.25) is 0 Å². The van der Waals surface area contributed by atoms with Crippen molar-refractivity contribution in [1.29, 1.82) is 0 Å². The molecule has 36 heavy (non-hydrogen) atoms. The number of carbonyl (C=O) groups excluding carboxylic acids is 2. The number of hydrogen-bond donors (Lipinski definition) is 0. The van der Waals surface area contributed by atoms with Gasteiger partial charge in [-0.25, -0.2) is 4.98 Å². The fourth-order valence-electron chi connectivity index (χ4n) is 6.19. The first kappa shape index (κ1) is 23.0. The van der Waals surface area contributed by atoms with E-state index in [0.29, 0.717) is 12.0 Å². The molecule has 1 amide bonds. The van der Waals surface area contributed by atoms with E-state index in [9.17, 15) is 9.59 Å². The molecule has 0 N–H and O–H groups in total. The molecule has 0 saturated heterocycles. The zero-order chi connectivity index (χ0) is 25.0. The van der Waals surface area contributed by atoms with E-state index < -0.39 is 0 Å². The molecule has 6 rings (SSSR count). The van der Waals surface area contributed by atoms with E-state index in [0.717, 1.165) is 64.2 Å². The first-order chi connectivity index (χ1) is 17.3. The lowest BCUT2D eigenvalue weighted by molar-refractivity contribution is -0.146. The van der Waals surface area contributed by atoms with E-state index in [-0.39, 0.29) is 18.0 Å². The zero-order valence-electron chi connectivity index (χ0n) is 21.2. The fourth-order valence-corrected chi connectivity index (χ4v) is 6.19. The molecule has 1 fully saturated rings. The molecular formula is C29H32N4O3. The van der Waals surface area contributed by atoms with Crippen molar-refractivity contribution in [3.05, 3.63) is 59.0 Å². The molecule has 1 aliphatic heterocycles. The second-order valence-corrected chi connectivity index (χ2v) is 11.0. The molecule has 2 aromatic heterocycles. The third kappa shape index (κ3) is 4.00. The van der Waals surface area contributed by atoms with Crippen LogP contribution in [-0.2, 0) is 29.0 Å². The van der Waals surface area contributed by atoms with Crippen LogP contribution in [0.5, 0.6) is 0 Å². The molecule has 1 aromatic carbocycles. The third-order valence-electron chi connectivity index (χ3n) is 8.09. The topological polar surface area (TPSA) is 77.3 Å². The molecule has 0 radical (unpaired) electrons. The Kier molecular flexibility index (Phi) is 5.47. The molecule has 3 aromatic rings. The number of aryl methyl sites for hydroxylation is 1. The lowest BCUT2D eigenvalue weighted by Crippen LogP contribution is -2.19. The van der Waals surface area contributed by atoms with Gasteiger partial charge in [-0.3, -0.25) is 14.3 Å². The van der Waals surface area contributed by atoms with Crippen molar-refractivity contribution in [2.24, 2.45) is 5.41 Å². The van der Waals surface area contributed by atoms with E-state index in [1.807, 2.05) is 31.4 Å². The van der Waals surface area contributed by atoms with Crippen molar-refractivity contribution >= 4 is 11.9 Å². The molecule has 0 spiro atoms. The van der Waals surface area contributed by atoms with Crippen LogP contribution < -0.4 is 0 Å². The molecule has 0 bridgehead atoms. The Balaban J connectivity index is 1.44. The number of fused-ring (bicyclic) bond motifs is 2. The summed E-state index contributed by atoms with van der Waals surface area (Å²) in [5.41, 5.74) is 7.68. The maximum absolute atomic E-state index is 12.7. The van der Waals surface area contributed by atoms with Crippen molar-refractivity contribution in [1.82, 2.24) is 19.7 Å². The van der Waals surface area contributed by atoms with Gasteiger partial charge in [-0.15, -0.1) is 0 Å². The van der Waals surface area contributed by atoms with Crippen LogP contribution >= 0.6 is 0 Å². The monoisotopic (exact) mass is 484 g/mol. The van der Waals surface area contributed by atoms with Gasteiger partial charge < -0.3 is 9.64 Å². The number of aromatic nitrogens is 3. The second kappa shape index (κ2) is 8.57. The van der Waals surface area contributed by atoms with Gasteiger partial charge in [0.2, 0.25) is 0 Å². The van der Waals surface area contributed by atoms with Gasteiger partial charge in [0.1, 0.15) is 6.10 Å². The predicted molar refractivity (Wildman–Crippen MR) is 136 cm³/mol. The largest absolute Gasteiger partial charge is 0.456 e. The molecule has 1 unspecified atom stereocenters. The van der Waals surface area contributed by atoms with Crippen LogP contribution in [0.15, 0.2) is 36.7 Å². The molecule has 1 atom stereocenters. The lowest BCUT2D eigenvalue weighted by Gasteiger charge is -2.23. The number of rotatable bonds is 5. The first-order valence-corrected chi connectivity index (χ1v) is 12.9. The summed E-state index contributed by atoms with van der Waals surface area (Å²) >= 11 is 0. The highest BCUT2D eigenvalue weighted by Crippen LogP contribution is 2.42. The fraction of sp³-hybridized carbons (Fsp3) is 0.448. The molecule has 186 valence electrons.